The summed E-state index contributed by atoms with van der Waals surface area (Å²) in [6.07, 6.45) is 4.79. The van der Waals surface area contributed by atoms with Crippen molar-refractivity contribution < 1.29 is 9.90 Å². The fourth-order valence-electron chi connectivity index (χ4n) is 2.50. The Labute approximate surface area is 105 Å². The number of carboxylic acids is 1. The smallest absolute Gasteiger partial charge is 0.317 e. The summed E-state index contributed by atoms with van der Waals surface area (Å²) >= 11 is 0. The van der Waals surface area contributed by atoms with E-state index in [1.54, 1.807) is 0 Å². The van der Waals surface area contributed by atoms with Crippen molar-refractivity contribution >= 4 is 5.97 Å². The number of hydrogen-bond donors (Lipinski definition) is 1. The normalized spacial score (nSPS) is 25.5. The van der Waals surface area contributed by atoms with Gasteiger partial charge in [0.25, 0.3) is 0 Å². The van der Waals surface area contributed by atoms with E-state index in [1.807, 2.05) is 14.1 Å². The molecule has 1 aliphatic carbocycles. The standard InChI is InChI=1S/C13H26N2O2/c1-11-4-6-12(7-5-11)15(10-13(16)17)9-8-14(2)3/h11-12H,4-10H2,1-3H3,(H,16,17). The van der Waals surface area contributed by atoms with Crippen LogP contribution in [0.15, 0.2) is 0 Å². The van der Waals surface area contributed by atoms with Gasteiger partial charge in [-0.2, -0.15) is 0 Å². The Morgan fingerprint density at radius 1 is 1.18 bits per heavy atom. The van der Waals surface area contributed by atoms with E-state index >= 15 is 0 Å². The van der Waals surface area contributed by atoms with Crippen LogP contribution >= 0.6 is 0 Å². The molecule has 1 N–H and O–H groups in total. The lowest BCUT2D eigenvalue weighted by molar-refractivity contribution is -0.139. The van der Waals surface area contributed by atoms with Crippen LogP contribution in [0.2, 0.25) is 0 Å². The molecular weight excluding hydrogens is 216 g/mol. The van der Waals surface area contributed by atoms with Crippen LogP contribution in [0.4, 0.5) is 0 Å². The lowest BCUT2D eigenvalue weighted by atomic mass is 9.86. The first-order valence-corrected chi connectivity index (χ1v) is 6.59. The number of likely N-dealkylation sites (N-methyl/N-ethyl adjacent to an activating group) is 1. The molecule has 0 radical (unpaired) electrons. The highest BCUT2D eigenvalue weighted by molar-refractivity contribution is 5.69. The zero-order chi connectivity index (χ0) is 12.8. The average molecular weight is 242 g/mol. The topological polar surface area (TPSA) is 43.8 Å². The third kappa shape index (κ3) is 5.50. The fraction of sp³-hybridized carbons (Fsp3) is 0.923. The van der Waals surface area contributed by atoms with Crippen molar-refractivity contribution in [1.82, 2.24) is 9.80 Å². The van der Waals surface area contributed by atoms with Crippen LogP contribution < -0.4 is 0 Å². The van der Waals surface area contributed by atoms with Gasteiger partial charge in [0.05, 0.1) is 6.54 Å². The molecule has 0 heterocycles. The van der Waals surface area contributed by atoms with Crippen LogP contribution in [-0.2, 0) is 4.79 Å². The number of carboxylic acid groups (broad SMARTS) is 1. The lowest BCUT2D eigenvalue weighted by Gasteiger charge is -2.35. The predicted octanol–water partition coefficient (Wildman–Crippen LogP) is 1.51. The van der Waals surface area contributed by atoms with Crippen molar-refractivity contribution in [2.75, 3.05) is 33.7 Å². The molecular formula is C13H26N2O2. The van der Waals surface area contributed by atoms with Crippen LogP contribution in [0.5, 0.6) is 0 Å². The Morgan fingerprint density at radius 3 is 2.24 bits per heavy atom. The van der Waals surface area contributed by atoms with E-state index in [0.29, 0.717) is 6.04 Å². The highest BCUT2D eigenvalue weighted by atomic mass is 16.4. The third-order valence-electron chi connectivity index (χ3n) is 3.67. The van der Waals surface area contributed by atoms with Gasteiger partial charge in [0.2, 0.25) is 0 Å². The van der Waals surface area contributed by atoms with Crippen molar-refractivity contribution in [3.63, 3.8) is 0 Å². The minimum absolute atomic E-state index is 0.187. The second kappa shape index (κ2) is 6.97. The number of aliphatic carboxylic acids is 1. The molecule has 0 amide bonds. The Bertz CT molecular complexity index is 236. The van der Waals surface area contributed by atoms with Gasteiger partial charge in [-0.05, 0) is 45.7 Å². The second-order valence-corrected chi connectivity index (χ2v) is 5.58. The van der Waals surface area contributed by atoms with Crippen LogP contribution in [-0.4, -0.2) is 60.6 Å². The summed E-state index contributed by atoms with van der Waals surface area (Å²) in [5.74, 6) is 0.106. The number of hydrogen-bond acceptors (Lipinski definition) is 3. The summed E-state index contributed by atoms with van der Waals surface area (Å²) in [5, 5.41) is 8.98. The number of nitrogens with zero attached hydrogens (tertiary/aromatic N) is 2. The maximum absolute atomic E-state index is 10.9. The van der Waals surface area contributed by atoms with Gasteiger partial charge in [-0.15, -0.1) is 0 Å². The van der Waals surface area contributed by atoms with Gasteiger partial charge in [-0.1, -0.05) is 6.92 Å². The van der Waals surface area contributed by atoms with Gasteiger partial charge in [0.15, 0.2) is 0 Å². The van der Waals surface area contributed by atoms with Crippen LogP contribution in [0.1, 0.15) is 32.6 Å². The lowest BCUT2D eigenvalue weighted by Crippen LogP contribution is -2.44. The summed E-state index contributed by atoms with van der Waals surface area (Å²) in [7, 11) is 4.06. The first kappa shape index (κ1) is 14.5. The molecule has 100 valence electrons. The van der Waals surface area contributed by atoms with Crippen LogP contribution in [0, 0.1) is 5.92 Å². The minimum Gasteiger partial charge on any atom is -0.480 e. The Balaban J connectivity index is 2.46. The molecule has 0 spiro atoms. The monoisotopic (exact) mass is 242 g/mol. The maximum atomic E-state index is 10.9. The average Bonchev–Trinajstić information content (AvgIpc) is 2.25. The van der Waals surface area contributed by atoms with E-state index < -0.39 is 5.97 Å². The predicted molar refractivity (Wildman–Crippen MR) is 69.2 cm³/mol. The molecule has 0 aromatic heterocycles. The molecule has 0 saturated heterocycles. The summed E-state index contributed by atoms with van der Waals surface area (Å²) in [6.45, 7) is 4.27. The van der Waals surface area contributed by atoms with Crippen molar-refractivity contribution in [3.05, 3.63) is 0 Å². The molecule has 17 heavy (non-hydrogen) atoms. The molecule has 0 aromatic rings. The van der Waals surface area contributed by atoms with Crippen molar-refractivity contribution in [1.29, 1.82) is 0 Å². The molecule has 0 unspecified atom stereocenters. The van der Waals surface area contributed by atoms with E-state index in [4.69, 9.17) is 5.11 Å². The van der Waals surface area contributed by atoms with Crippen LogP contribution in [0.25, 0.3) is 0 Å². The van der Waals surface area contributed by atoms with Crippen molar-refractivity contribution in [2.45, 2.75) is 38.6 Å². The van der Waals surface area contributed by atoms with Gasteiger partial charge in [-0.25, -0.2) is 0 Å². The van der Waals surface area contributed by atoms with Gasteiger partial charge >= 0.3 is 5.97 Å². The summed E-state index contributed by atoms with van der Waals surface area (Å²) in [6, 6.07) is 0.474. The van der Waals surface area contributed by atoms with E-state index in [1.165, 1.54) is 12.8 Å². The summed E-state index contributed by atoms with van der Waals surface area (Å²) in [4.78, 5) is 15.2. The molecule has 1 saturated carbocycles. The molecule has 4 heteroatoms. The molecule has 0 bridgehead atoms. The Hall–Kier alpha value is -0.610. The summed E-state index contributed by atoms with van der Waals surface area (Å²) < 4.78 is 0. The molecule has 1 aliphatic rings. The molecule has 1 rings (SSSR count). The molecule has 0 atom stereocenters. The quantitative estimate of drug-likeness (QED) is 0.767. The van der Waals surface area contributed by atoms with Gasteiger partial charge < -0.3 is 10.0 Å². The van der Waals surface area contributed by atoms with Crippen molar-refractivity contribution in [3.8, 4) is 0 Å². The molecule has 1 fully saturated rings. The van der Waals surface area contributed by atoms with Gasteiger partial charge in [0.1, 0.15) is 0 Å². The summed E-state index contributed by atoms with van der Waals surface area (Å²) in [5.41, 5.74) is 0. The number of carbonyl (C=O) groups is 1. The Morgan fingerprint density at radius 2 is 1.76 bits per heavy atom. The third-order valence-corrected chi connectivity index (χ3v) is 3.67. The molecule has 4 nitrogen and oxygen atoms in total. The van der Waals surface area contributed by atoms with E-state index in [2.05, 4.69) is 16.7 Å². The largest absolute Gasteiger partial charge is 0.480 e. The Kier molecular flexibility index (Phi) is 5.92. The van der Waals surface area contributed by atoms with Gasteiger partial charge in [0, 0.05) is 19.1 Å². The highest BCUT2D eigenvalue weighted by Crippen LogP contribution is 2.26. The first-order valence-electron chi connectivity index (χ1n) is 6.59. The minimum atomic E-state index is -0.706. The SMILES string of the molecule is CC1CCC(N(CCN(C)C)CC(=O)O)CC1. The second-order valence-electron chi connectivity index (χ2n) is 5.58. The van der Waals surface area contributed by atoms with Crippen LogP contribution in [0.3, 0.4) is 0 Å². The van der Waals surface area contributed by atoms with Crippen molar-refractivity contribution in [2.24, 2.45) is 5.92 Å². The maximum Gasteiger partial charge on any atom is 0.317 e. The van der Waals surface area contributed by atoms with E-state index in [0.717, 1.165) is 31.8 Å². The van der Waals surface area contributed by atoms with Gasteiger partial charge in [-0.3, -0.25) is 9.69 Å². The fourth-order valence-corrected chi connectivity index (χ4v) is 2.50. The molecule has 0 aromatic carbocycles. The number of rotatable bonds is 6. The van der Waals surface area contributed by atoms with E-state index in [-0.39, 0.29) is 6.54 Å². The first-order chi connectivity index (χ1) is 7.99. The van der Waals surface area contributed by atoms with E-state index in [9.17, 15) is 4.79 Å². The zero-order valence-electron chi connectivity index (χ0n) is 11.4. The highest BCUT2D eigenvalue weighted by Gasteiger charge is 2.25. The molecule has 0 aliphatic heterocycles. The zero-order valence-corrected chi connectivity index (χ0v) is 11.4.